The highest BCUT2D eigenvalue weighted by molar-refractivity contribution is 7.89. The average Bonchev–Trinajstić information content (AvgIpc) is 3.49. The number of methoxy groups -OCH3 is 1. The first-order chi connectivity index (χ1) is 16.4. The Kier molecular flexibility index (Phi) is 6.17. The van der Waals surface area contributed by atoms with Crippen LogP contribution in [-0.4, -0.2) is 59.3 Å². The molecule has 1 aliphatic carbocycles. The molecule has 1 saturated carbocycles. The van der Waals surface area contributed by atoms with E-state index in [4.69, 9.17) is 9.26 Å². The molecule has 3 heterocycles. The van der Waals surface area contributed by atoms with Gasteiger partial charge in [-0.25, -0.2) is 13.4 Å². The van der Waals surface area contributed by atoms with Crippen molar-refractivity contribution in [1.29, 1.82) is 0 Å². The molecule has 1 saturated heterocycles. The minimum atomic E-state index is -3.81. The predicted octanol–water partition coefficient (Wildman–Crippen LogP) is 2.31. The van der Waals surface area contributed by atoms with Crippen LogP contribution >= 0.6 is 0 Å². The maximum absolute atomic E-state index is 13.3. The monoisotopic (exact) mass is 488 g/mol. The quantitative estimate of drug-likeness (QED) is 0.539. The maximum atomic E-state index is 13.3. The summed E-state index contributed by atoms with van der Waals surface area (Å²) in [7, 11) is -2.39. The summed E-state index contributed by atoms with van der Waals surface area (Å²) in [5.74, 6) is 0.896. The summed E-state index contributed by atoms with van der Waals surface area (Å²) in [5, 5.41) is 13.9. The minimum Gasteiger partial charge on any atom is -0.495 e. The molecule has 2 N–H and O–H groups in total. The summed E-state index contributed by atoms with van der Waals surface area (Å²) in [6, 6.07) is 4.93. The van der Waals surface area contributed by atoms with Gasteiger partial charge in [-0.1, -0.05) is 24.1 Å². The van der Waals surface area contributed by atoms with E-state index in [1.807, 2.05) is 0 Å². The molecule has 2 aromatic heterocycles. The fraction of sp³-hybridized carbons (Fsp3) is 0.522. The summed E-state index contributed by atoms with van der Waals surface area (Å²) < 4.78 is 38.7. The number of ether oxygens (including phenoxy) is 1. The molecule has 1 aromatic carbocycles. The van der Waals surface area contributed by atoms with Gasteiger partial charge in [-0.05, 0) is 43.4 Å². The number of hydrogen-bond donors (Lipinski definition) is 2. The number of aliphatic hydroxyl groups excluding tert-OH is 1. The summed E-state index contributed by atoms with van der Waals surface area (Å²) >= 11 is 0. The van der Waals surface area contributed by atoms with Crippen molar-refractivity contribution in [2.75, 3.05) is 20.2 Å². The summed E-state index contributed by atoms with van der Waals surface area (Å²) in [5.41, 5.74) is 1.60. The third-order valence-corrected chi connectivity index (χ3v) is 8.71. The average molecular weight is 489 g/mol. The Morgan fingerprint density at radius 2 is 1.94 bits per heavy atom. The van der Waals surface area contributed by atoms with E-state index < -0.39 is 21.7 Å². The molecule has 182 valence electrons. The van der Waals surface area contributed by atoms with Gasteiger partial charge in [-0.3, -0.25) is 4.79 Å². The Labute approximate surface area is 197 Å². The van der Waals surface area contributed by atoms with Gasteiger partial charge in [0.2, 0.25) is 15.6 Å². The first-order valence-corrected chi connectivity index (χ1v) is 13.0. The molecule has 5 rings (SSSR count). The van der Waals surface area contributed by atoms with E-state index in [9.17, 15) is 18.3 Å². The molecule has 1 aliphatic heterocycles. The van der Waals surface area contributed by atoms with Gasteiger partial charge in [0.15, 0.2) is 0 Å². The lowest BCUT2D eigenvalue weighted by Crippen LogP contribution is -2.40. The van der Waals surface area contributed by atoms with Crippen LogP contribution in [0.4, 0.5) is 0 Å². The molecule has 0 atom stereocenters. The van der Waals surface area contributed by atoms with Crippen LogP contribution in [0.25, 0.3) is 11.1 Å². The number of sulfonamides is 1. The van der Waals surface area contributed by atoms with Crippen molar-refractivity contribution in [1.82, 2.24) is 19.4 Å². The number of hydrogen-bond acceptors (Lipinski definition) is 8. The van der Waals surface area contributed by atoms with Gasteiger partial charge in [-0.2, -0.15) is 4.31 Å². The molecule has 0 amide bonds. The Morgan fingerprint density at radius 1 is 1.21 bits per heavy atom. The van der Waals surface area contributed by atoms with Crippen molar-refractivity contribution >= 4 is 21.1 Å². The number of nitrogens with zero attached hydrogens (tertiary/aromatic N) is 3. The number of aliphatic hydroxyl groups is 1. The van der Waals surface area contributed by atoms with Crippen LogP contribution in [0.3, 0.4) is 0 Å². The second-order valence-electron chi connectivity index (χ2n) is 9.04. The van der Waals surface area contributed by atoms with E-state index in [2.05, 4.69) is 15.1 Å². The molecule has 0 spiro atoms. The minimum absolute atomic E-state index is 0.0592. The van der Waals surface area contributed by atoms with E-state index in [1.54, 1.807) is 18.2 Å². The normalized spacial score (nSPS) is 18.6. The van der Waals surface area contributed by atoms with Crippen molar-refractivity contribution < 1.29 is 22.8 Å². The molecule has 3 aromatic rings. The molecule has 0 bridgehead atoms. The second kappa shape index (κ2) is 9.12. The van der Waals surface area contributed by atoms with Crippen LogP contribution in [0.2, 0.25) is 0 Å². The van der Waals surface area contributed by atoms with Crippen LogP contribution in [0.15, 0.2) is 32.4 Å². The summed E-state index contributed by atoms with van der Waals surface area (Å²) in [6.07, 6.45) is 4.78. The highest BCUT2D eigenvalue weighted by Crippen LogP contribution is 2.36. The number of aromatic amines is 1. The van der Waals surface area contributed by atoms with Crippen LogP contribution < -0.4 is 10.3 Å². The van der Waals surface area contributed by atoms with Crippen molar-refractivity contribution in [3.63, 3.8) is 0 Å². The van der Waals surface area contributed by atoms with Gasteiger partial charge in [0.25, 0.3) is 5.56 Å². The fourth-order valence-corrected chi connectivity index (χ4v) is 6.58. The lowest BCUT2D eigenvalue weighted by molar-refractivity contribution is 0.113. The van der Waals surface area contributed by atoms with Gasteiger partial charge in [0, 0.05) is 25.4 Å². The van der Waals surface area contributed by atoms with E-state index in [0.717, 1.165) is 31.4 Å². The van der Waals surface area contributed by atoms with Crippen molar-refractivity contribution in [2.45, 2.75) is 61.9 Å². The molecular weight excluding hydrogens is 460 g/mol. The third-order valence-electron chi connectivity index (χ3n) is 6.79. The highest BCUT2D eigenvalue weighted by atomic mass is 32.2. The first kappa shape index (κ1) is 23.0. The van der Waals surface area contributed by atoms with E-state index >= 15 is 0 Å². The number of fused-ring (bicyclic) bond motifs is 1. The molecule has 0 unspecified atom stereocenters. The molecule has 11 heteroatoms. The largest absolute Gasteiger partial charge is 0.495 e. The van der Waals surface area contributed by atoms with Crippen LogP contribution in [-0.2, 0) is 16.4 Å². The summed E-state index contributed by atoms with van der Waals surface area (Å²) in [4.78, 5) is 20.0. The van der Waals surface area contributed by atoms with Crippen molar-refractivity contribution in [3.8, 4) is 5.75 Å². The van der Waals surface area contributed by atoms with Gasteiger partial charge in [0.05, 0.1) is 13.2 Å². The van der Waals surface area contributed by atoms with E-state index in [-0.39, 0.29) is 41.7 Å². The fourth-order valence-electron chi connectivity index (χ4n) is 4.90. The van der Waals surface area contributed by atoms with Gasteiger partial charge >= 0.3 is 0 Å². The molecular formula is C23H28N4O6S. The Bertz CT molecular complexity index is 1350. The van der Waals surface area contributed by atoms with E-state index in [1.165, 1.54) is 11.4 Å². The highest BCUT2D eigenvalue weighted by Gasteiger charge is 2.31. The van der Waals surface area contributed by atoms with Crippen LogP contribution in [0.1, 0.15) is 61.5 Å². The smallest absolute Gasteiger partial charge is 0.297 e. The van der Waals surface area contributed by atoms with Gasteiger partial charge < -0.3 is 19.4 Å². The molecule has 2 fully saturated rings. The number of benzene rings is 1. The zero-order valence-electron chi connectivity index (χ0n) is 19.0. The zero-order valence-corrected chi connectivity index (χ0v) is 19.8. The maximum Gasteiger partial charge on any atom is 0.297 e. The number of rotatable bonds is 6. The molecule has 34 heavy (non-hydrogen) atoms. The predicted molar refractivity (Wildman–Crippen MR) is 123 cm³/mol. The van der Waals surface area contributed by atoms with Crippen LogP contribution in [0.5, 0.6) is 5.75 Å². The third kappa shape index (κ3) is 4.23. The lowest BCUT2D eigenvalue weighted by Gasteiger charge is -2.29. The zero-order chi connectivity index (χ0) is 23.9. The standard InChI is InChI=1S/C23H28N4O6S/c1-32-17-7-6-14(12-18(17)34(30,31)27-10-8-16(28)9-11-27)13-19-24-21-20(15-4-2-3-5-15)26-33-22(21)23(29)25-19/h6-7,12,15-16,28H,2-5,8-11,13H2,1H3,(H,24,25,29). The van der Waals surface area contributed by atoms with E-state index in [0.29, 0.717) is 29.7 Å². The number of piperidine rings is 1. The topological polar surface area (TPSA) is 139 Å². The van der Waals surface area contributed by atoms with Crippen molar-refractivity contribution in [2.24, 2.45) is 0 Å². The second-order valence-corrected chi connectivity index (χ2v) is 10.9. The van der Waals surface area contributed by atoms with Crippen molar-refractivity contribution in [3.05, 3.63) is 45.6 Å². The first-order valence-electron chi connectivity index (χ1n) is 11.6. The Morgan fingerprint density at radius 3 is 2.65 bits per heavy atom. The Balaban J connectivity index is 1.48. The number of H-pyrrole nitrogens is 1. The number of nitrogens with one attached hydrogen (secondary N) is 1. The Hall–Kier alpha value is -2.76. The van der Waals surface area contributed by atoms with Gasteiger partial charge in [0.1, 0.15) is 27.7 Å². The molecule has 2 aliphatic rings. The summed E-state index contributed by atoms with van der Waals surface area (Å²) in [6.45, 7) is 0.500. The van der Waals surface area contributed by atoms with Gasteiger partial charge in [-0.15, -0.1) is 0 Å². The lowest BCUT2D eigenvalue weighted by atomic mass is 10.0. The van der Waals surface area contributed by atoms with Crippen LogP contribution in [0, 0.1) is 0 Å². The molecule has 10 nitrogen and oxygen atoms in total. The molecule has 0 radical (unpaired) electrons. The number of aromatic nitrogens is 3. The SMILES string of the molecule is COc1ccc(Cc2nc3c(C4CCCC4)noc3c(=O)[nH]2)cc1S(=O)(=O)N1CCC(O)CC1.